The van der Waals surface area contributed by atoms with Gasteiger partial charge in [0, 0.05) is 30.7 Å². The van der Waals surface area contributed by atoms with Crippen molar-refractivity contribution in [1.82, 2.24) is 24.4 Å². The van der Waals surface area contributed by atoms with Crippen LogP contribution in [0, 0.1) is 19.8 Å². The van der Waals surface area contributed by atoms with Crippen LogP contribution in [0.15, 0.2) is 59.7 Å². The van der Waals surface area contributed by atoms with Crippen LogP contribution < -0.4 is 11.0 Å². The summed E-state index contributed by atoms with van der Waals surface area (Å²) in [5.41, 5.74) is 4.69. The van der Waals surface area contributed by atoms with Crippen molar-refractivity contribution in [3.63, 3.8) is 0 Å². The first-order valence-corrected chi connectivity index (χ1v) is 12.3. The van der Waals surface area contributed by atoms with Gasteiger partial charge >= 0.3 is 5.69 Å². The Bertz CT molecular complexity index is 1450. The summed E-state index contributed by atoms with van der Waals surface area (Å²) in [7, 11) is 0. The monoisotopic (exact) mass is 489 g/mol. The number of carbonyl (C=O) groups is 1. The van der Waals surface area contributed by atoms with Gasteiger partial charge in [0.1, 0.15) is 0 Å². The van der Waals surface area contributed by atoms with Gasteiger partial charge in [-0.3, -0.25) is 23.9 Å². The number of pyridine rings is 2. The number of imidazole rings is 1. The number of hydrogen-bond donors (Lipinski definition) is 1. The molecule has 3 aromatic heterocycles. The number of nitrogens with zero attached hydrogens (tertiary/aromatic N) is 4. The number of nitrogens with one attached hydrogen (secondary N) is 1. The molecular weight excluding hydrogens is 462 g/mol. The van der Waals surface area contributed by atoms with Crippen LogP contribution in [0.1, 0.15) is 47.4 Å². The van der Waals surface area contributed by atoms with Gasteiger partial charge in [0.25, 0.3) is 5.91 Å². The van der Waals surface area contributed by atoms with Gasteiger partial charge < -0.3 is 5.32 Å². The number of hydrogen-bond acceptors (Lipinski definition) is 4. The molecule has 5 rings (SSSR count). The maximum atomic E-state index is 13.5. The number of rotatable bonds is 5. The zero-order chi connectivity index (χ0) is 24.5. The SMILES string of the molecule is Cc1cc(-n2c(=O)n(CC3CCC(NC(=O)c4cc(Cl)cnc4C)CC3)c3ccccc32)ccn1. The molecule has 1 aliphatic rings. The standard InChI is InChI=1S/C27H28ClN5O2/c1-17-13-22(11-12-29-17)33-25-6-4-3-5-24(25)32(27(33)35)16-19-7-9-21(10-8-19)31-26(34)23-14-20(28)15-30-18(23)2/h3-6,11-15,19,21H,7-10,16H2,1-2H3,(H,31,34). The van der Waals surface area contributed by atoms with E-state index in [1.54, 1.807) is 23.0 Å². The van der Waals surface area contributed by atoms with Gasteiger partial charge in [-0.2, -0.15) is 0 Å². The van der Waals surface area contributed by atoms with Crippen molar-refractivity contribution >= 4 is 28.5 Å². The van der Waals surface area contributed by atoms with Crippen LogP contribution in [-0.4, -0.2) is 31.1 Å². The number of para-hydroxylation sites is 2. The molecule has 0 spiro atoms. The van der Waals surface area contributed by atoms with E-state index in [1.807, 2.05) is 54.8 Å². The second-order valence-corrected chi connectivity index (χ2v) is 9.79. The highest BCUT2D eigenvalue weighted by Gasteiger charge is 2.25. The second kappa shape index (κ2) is 9.66. The van der Waals surface area contributed by atoms with Crippen LogP contribution in [0.2, 0.25) is 5.02 Å². The fourth-order valence-corrected chi connectivity index (χ4v) is 5.21. The van der Waals surface area contributed by atoms with Gasteiger partial charge in [0.05, 0.1) is 33.0 Å². The molecule has 0 unspecified atom stereocenters. The molecule has 180 valence electrons. The Balaban J connectivity index is 1.31. The van der Waals surface area contributed by atoms with Crippen LogP contribution in [0.25, 0.3) is 16.7 Å². The Kier molecular flexibility index (Phi) is 6.43. The summed E-state index contributed by atoms with van der Waals surface area (Å²) >= 11 is 6.03. The normalized spacial score (nSPS) is 18.0. The summed E-state index contributed by atoms with van der Waals surface area (Å²) < 4.78 is 3.67. The van der Waals surface area contributed by atoms with Crippen molar-refractivity contribution in [2.75, 3.05) is 0 Å². The third kappa shape index (κ3) is 4.73. The Morgan fingerprint density at radius 1 is 1.06 bits per heavy atom. The van der Waals surface area contributed by atoms with Crippen molar-refractivity contribution < 1.29 is 4.79 Å². The van der Waals surface area contributed by atoms with Crippen molar-refractivity contribution in [3.8, 4) is 5.69 Å². The van der Waals surface area contributed by atoms with E-state index >= 15 is 0 Å². The Morgan fingerprint density at radius 3 is 2.54 bits per heavy atom. The molecule has 1 amide bonds. The minimum atomic E-state index is -0.132. The van der Waals surface area contributed by atoms with E-state index in [0.29, 0.717) is 28.7 Å². The molecule has 1 aromatic carbocycles. The predicted molar refractivity (Wildman–Crippen MR) is 137 cm³/mol. The lowest BCUT2D eigenvalue weighted by Crippen LogP contribution is -2.39. The van der Waals surface area contributed by atoms with Crippen molar-refractivity contribution in [2.45, 2.75) is 52.1 Å². The Labute approximate surface area is 208 Å². The number of aromatic nitrogens is 4. The fraction of sp³-hybridized carbons (Fsp3) is 0.333. The first kappa shape index (κ1) is 23.3. The topological polar surface area (TPSA) is 81.8 Å². The zero-order valence-electron chi connectivity index (χ0n) is 19.9. The maximum Gasteiger partial charge on any atom is 0.333 e. The molecule has 1 aliphatic carbocycles. The van der Waals surface area contributed by atoms with Gasteiger partial charge in [0.2, 0.25) is 0 Å². The number of benzene rings is 1. The predicted octanol–water partition coefficient (Wildman–Crippen LogP) is 4.84. The van der Waals surface area contributed by atoms with Crippen molar-refractivity contribution in [3.05, 3.63) is 87.3 Å². The lowest BCUT2D eigenvalue weighted by atomic mass is 9.85. The van der Waals surface area contributed by atoms with Crippen LogP contribution in [0.5, 0.6) is 0 Å². The Morgan fingerprint density at radius 2 is 1.80 bits per heavy atom. The quantitative estimate of drug-likeness (QED) is 0.435. The van der Waals surface area contributed by atoms with Crippen LogP contribution in [0.4, 0.5) is 0 Å². The molecule has 3 heterocycles. The van der Waals surface area contributed by atoms with E-state index in [4.69, 9.17) is 11.6 Å². The molecule has 4 aromatic rings. The largest absolute Gasteiger partial charge is 0.349 e. The van der Waals surface area contributed by atoms with Crippen LogP contribution >= 0.6 is 11.6 Å². The molecule has 35 heavy (non-hydrogen) atoms. The number of amides is 1. The van der Waals surface area contributed by atoms with E-state index in [-0.39, 0.29) is 17.6 Å². The van der Waals surface area contributed by atoms with Gasteiger partial charge in [-0.25, -0.2) is 4.79 Å². The third-order valence-electron chi connectivity index (χ3n) is 6.89. The molecule has 1 saturated carbocycles. The highest BCUT2D eigenvalue weighted by molar-refractivity contribution is 6.30. The molecule has 7 nitrogen and oxygen atoms in total. The van der Waals surface area contributed by atoms with Crippen molar-refractivity contribution in [1.29, 1.82) is 0 Å². The van der Waals surface area contributed by atoms with E-state index in [1.165, 1.54) is 0 Å². The van der Waals surface area contributed by atoms with Gasteiger partial charge in [-0.1, -0.05) is 23.7 Å². The van der Waals surface area contributed by atoms with Crippen molar-refractivity contribution in [2.24, 2.45) is 5.92 Å². The van der Waals surface area contributed by atoms with Crippen LogP contribution in [0.3, 0.4) is 0 Å². The highest BCUT2D eigenvalue weighted by Crippen LogP contribution is 2.28. The zero-order valence-corrected chi connectivity index (χ0v) is 20.6. The summed E-state index contributed by atoms with van der Waals surface area (Å²) in [6, 6.07) is 13.5. The maximum absolute atomic E-state index is 13.5. The minimum absolute atomic E-state index is 0.0313. The summed E-state index contributed by atoms with van der Waals surface area (Å²) in [5, 5.41) is 3.60. The Hall–Kier alpha value is -3.45. The van der Waals surface area contributed by atoms with Gasteiger partial charge in [-0.05, 0) is 75.8 Å². The molecule has 1 N–H and O–H groups in total. The fourth-order valence-electron chi connectivity index (χ4n) is 5.05. The van der Waals surface area contributed by atoms with Gasteiger partial charge in [-0.15, -0.1) is 0 Å². The average Bonchev–Trinajstić information content (AvgIpc) is 3.13. The molecule has 0 atom stereocenters. The molecule has 0 radical (unpaired) electrons. The highest BCUT2D eigenvalue weighted by atomic mass is 35.5. The van der Waals surface area contributed by atoms with E-state index in [2.05, 4.69) is 15.3 Å². The number of fused-ring (bicyclic) bond motifs is 1. The summed E-state index contributed by atoms with van der Waals surface area (Å²) in [6.45, 7) is 4.40. The molecule has 0 saturated heterocycles. The minimum Gasteiger partial charge on any atom is -0.349 e. The lowest BCUT2D eigenvalue weighted by Gasteiger charge is -2.29. The summed E-state index contributed by atoms with van der Waals surface area (Å²) in [4.78, 5) is 34.7. The number of aryl methyl sites for hydroxylation is 2. The molecule has 0 aliphatic heterocycles. The summed E-state index contributed by atoms with van der Waals surface area (Å²) in [6.07, 6.45) is 6.92. The van der Waals surface area contributed by atoms with Gasteiger partial charge in [0.15, 0.2) is 0 Å². The lowest BCUT2D eigenvalue weighted by molar-refractivity contribution is 0.0919. The molecule has 0 bridgehead atoms. The molecule has 8 heteroatoms. The first-order valence-electron chi connectivity index (χ1n) is 12.0. The van der Waals surface area contributed by atoms with Crippen LogP contribution in [-0.2, 0) is 6.54 Å². The molecule has 1 fully saturated rings. The van der Waals surface area contributed by atoms with E-state index in [9.17, 15) is 9.59 Å². The third-order valence-corrected chi connectivity index (χ3v) is 7.10. The van der Waals surface area contributed by atoms with E-state index < -0.39 is 0 Å². The summed E-state index contributed by atoms with van der Waals surface area (Å²) in [5.74, 6) is 0.238. The number of halogens is 1. The smallest absolute Gasteiger partial charge is 0.333 e. The van der Waals surface area contributed by atoms with E-state index in [0.717, 1.165) is 48.1 Å². The average molecular weight is 490 g/mol. The molecular formula is C27H28ClN5O2. The second-order valence-electron chi connectivity index (χ2n) is 9.35. The first-order chi connectivity index (χ1) is 16.9. The number of carbonyl (C=O) groups excluding carboxylic acids is 1.